The van der Waals surface area contributed by atoms with Gasteiger partial charge in [0.1, 0.15) is 0 Å². The van der Waals surface area contributed by atoms with E-state index in [0.717, 1.165) is 25.3 Å². The molecule has 0 aromatic carbocycles. The van der Waals surface area contributed by atoms with Crippen LogP contribution in [0.5, 0.6) is 0 Å². The van der Waals surface area contributed by atoms with Crippen LogP contribution in [0.25, 0.3) is 0 Å². The Balaban J connectivity index is 1.52. The molecule has 2 heterocycles. The molecule has 0 unspecified atom stereocenters. The number of nitrogens with one attached hydrogen (secondary N) is 1. The first-order valence-corrected chi connectivity index (χ1v) is 7.62. The maximum absolute atomic E-state index is 4.00. The van der Waals surface area contributed by atoms with Crippen LogP contribution in [0.15, 0.2) is 46.2 Å². The first kappa shape index (κ1) is 12.6. The summed E-state index contributed by atoms with van der Waals surface area (Å²) in [5.74, 6) is 1.10. The molecule has 0 atom stereocenters. The Labute approximate surface area is 110 Å². The molecule has 0 bridgehead atoms. The van der Waals surface area contributed by atoms with E-state index in [9.17, 15) is 0 Å². The lowest BCUT2D eigenvalue weighted by atomic mass is 10.2. The van der Waals surface area contributed by atoms with Crippen molar-refractivity contribution in [3.05, 3.63) is 46.9 Å². The van der Waals surface area contributed by atoms with Crippen molar-refractivity contribution in [1.82, 2.24) is 10.3 Å². The van der Waals surface area contributed by atoms with Gasteiger partial charge in [0.2, 0.25) is 0 Å². The lowest BCUT2D eigenvalue weighted by molar-refractivity contribution is 0.722. The highest BCUT2D eigenvalue weighted by Crippen LogP contribution is 2.14. The van der Waals surface area contributed by atoms with E-state index in [0.29, 0.717) is 0 Å². The minimum absolute atomic E-state index is 1.05. The molecule has 0 aliphatic carbocycles. The van der Waals surface area contributed by atoms with Gasteiger partial charge in [-0.1, -0.05) is 0 Å². The number of pyridine rings is 1. The second-order valence-corrected chi connectivity index (χ2v) is 5.61. The lowest BCUT2D eigenvalue weighted by Crippen LogP contribution is -2.19. The van der Waals surface area contributed by atoms with Gasteiger partial charge in [0.25, 0.3) is 0 Å². The highest BCUT2D eigenvalue weighted by atomic mass is 32.2. The van der Waals surface area contributed by atoms with Crippen LogP contribution in [0.2, 0.25) is 0 Å². The van der Waals surface area contributed by atoms with Crippen LogP contribution in [-0.4, -0.2) is 23.8 Å². The molecule has 0 aliphatic heterocycles. The van der Waals surface area contributed by atoms with Gasteiger partial charge in [-0.2, -0.15) is 11.3 Å². The fourth-order valence-electron chi connectivity index (χ4n) is 1.47. The second kappa shape index (κ2) is 7.48. The van der Waals surface area contributed by atoms with E-state index in [2.05, 4.69) is 39.3 Å². The first-order valence-electron chi connectivity index (χ1n) is 5.70. The van der Waals surface area contributed by atoms with E-state index >= 15 is 0 Å². The smallest absolute Gasteiger partial charge is 0.0278 e. The molecule has 0 spiro atoms. The van der Waals surface area contributed by atoms with Crippen molar-refractivity contribution in [1.29, 1.82) is 0 Å². The summed E-state index contributed by atoms with van der Waals surface area (Å²) in [6, 6.07) is 6.30. The number of rotatable bonds is 7. The zero-order valence-electron chi connectivity index (χ0n) is 9.63. The third-order valence-corrected chi connectivity index (χ3v) is 4.11. The van der Waals surface area contributed by atoms with E-state index in [1.54, 1.807) is 11.3 Å². The largest absolute Gasteiger partial charge is 0.316 e. The molecule has 1 N–H and O–H groups in total. The van der Waals surface area contributed by atoms with E-state index in [4.69, 9.17) is 0 Å². The molecule has 0 amide bonds. The maximum Gasteiger partial charge on any atom is 0.0278 e. The summed E-state index contributed by atoms with van der Waals surface area (Å²) in [4.78, 5) is 5.29. The van der Waals surface area contributed by atoms with Crippen LogP contribution >= 0.6 is 23.1 Å². The quantitative estimate of drug-likeness (QED) is 0.614. The molecule has 0 saturated heterocycles. The summed E-state index contributed by atoms with van der Waals surface area (Å²) in [5.41, 5.74) is 1.43. The van der Waals surface area contributed by atoms with E-state index < -0.39 is 0 Å². The summed E-state index contributed by atoms with van der Waals surface area (Å²) in [6.07, 6.45) is 4.81. The zero-order chi connectivity index (χ0) is 11.8. The molecular formula is C13H16N2S2. The monoisotopic (exact) mass is 264 g/mol. The molecule has 17 heavy (non-hydrogen) atoms. The topological polar surface area (TPSA) is 24.9 Å². The van der Waals surface area contributed by atoms with Crippen LogP contribution in [-0.2, 0) is 6.42 Å². The molecule has 0 aliphatic rings. The van der Waals surface area contributed by atoms with E-state index in [-0.39, 0.29) is 0 Å². The van der Waals surface area contributed by atoms with Crippen LogP contribution < -0.4 is 5.32 Å². The summed E-state index contributed by atoms with van der Waals surface area (Å²) in [6.45, 7) is 2.12. The Morgan fingerprint density at radius 3 is 2.82 bits per heavy atom. The fraction of sp³-hybridized carbons (Fsp3) is 0.308. The fourth-order valence-corrected chi connectivity index (χ4v) is 2.97. The number of hydrogen-bond donors (Lipinski definition) is 1. The molecule has 90 valence electrons. The number of aromatic nitrogens is 1. The van der Waals surface area contributed by atoms with Gasteiger partial charge >= 0.3 is 0 Å². The van der Waals surface area contributed by atoms with Crippen molar-refractivity contribution in [3.8, 4) is 0 Å². The number of nitrogens with zero attached hydrogens (tertiary/aromatic N) is 1. The molecular weight excluding hydrogens is 248 g/mol. The predicted octanol–water partition coefficient (Wildman–Crippen LogP) is 3.07. The van der Waals surface area contributed by atoms with Crippen LogP contribution in [0.1, 0.15) is 5.56 Å². The van der Waals surface area contributed by atoms with Crippen molar-refractivity contribution >= 4 is 23.1 Å². The van der Waals surface area contributed by atoms with Crippen LogP contribution in [0.3, 0.4) is 0 Å². The van der Waals surface area contributed by atoms with Crippen molar-refractivity contribution in [3.63, 3.8) is 0 Å². The zero-order valence-corrected chi connectivity index (χ0v) is 11.3. The Bertz CT molecular complexity index is 401. The minimum atomic E-state index is 1.05. The third-order valence-electron chi connectivity index (χ3n) is 2.37. The Kier molecular flexibility index (Phi) is 5.55. The van der Waals surface area contributed by atoms with Gasteiger partial charge in [0, 0.05) is 29.6 Å². The summed E-state index contributed by atoms with van der Waals surface area (Å²) >= 11 is 3.64. The van der Waals surface area contributed by atoms with Gasteiger partial charge in [-0.05, 0) is 47.5 Å². The third kappa shape index (κ3) is 4.89. The number of thioether (sulfide) groups is 1. The average molecular weight is 264 g/mol. The first-order chi connectivity index (χ1) is 8.45. The molecule has 2 aromatic heterocycles. The summed E-state index contributed by atoms with van der Waals surface area (Å²) in [7, 11) is 0. The highest BCUT2D eigenvalue weighted by Gasteiger charge is 1.94. The van der Waals surface area contributed by atoms with Crippen molar-refractivity contribution in [2.24, 2.45) is 0 Å². The summed E-state index contributed by atoms with van der Waals surface area (Å²) < 4.78 is 0. The molecule has 4 heteroatoms. The van der Waals surface area contributed by atoms with Crippen LogP contribution in [0, 0.1) is 0 Å². The van der Waals surface area contributed by atoms with Gasteiger partial charge in [0.15, 0.2) is 0 Å². The van der Waals surface area contributed by atoms with Crippen LogP contribution in [0.4, 0.5) is 0 Å². The Hall–Kier alpha value is -0.840. The van der Waals surface area contributed by atoms with Gasteiger partial charge in [0.05, 0.1) is 0 Å². The molecule has 2 rings (SSSR count). The van der Waals surface area contributed by atoms with Gasteiger partial charge in [-0.15, -0.1) is 11.8 Å². The molecule has 0 fully saturated rings. The highest BCUT2D eigenvalue weighted by molar-refractivity contribution is 7.99. The van der Waals surface area contributed by atoms with Gasteiger partial charge < -0.3 is 5.32 Å². The van der Waals surface area contributed by atoms with Gasteiger partial charge in [-0.3, -0.25) is 4.98 Å². The average Bonchev–Trinajstić information content (AvgIpc) is 2.88. The van der Waals surface area contributed by atoms with E-state index in [1.807, 2.05) is 24.2 Å². The molecule has 0 saturated carbocycles. The molecule has 0 radical (unpaired) electrons. The number of thiophene rings is 1. The minimum Gasteiger partial charge on any atom is -0.316 e. The predicted molar refractivity (Wildman–Crippen MR) is 75.9 cm³/mol. The van der Waals surface area contributed by atoms with Crippen molar-refractivity contribution < 1.29 is 0 Å². The summed E-state index contributed by atoms with van der Waals surface area (Å²) in [5, 5.41) is 7.81. The molecule has 2 aromatic rings. The van der Waals surface area contributed by atoms with Crippen molar-refractivity contribution in [2.75, 3.05) is 18.8 Å². The second-order valence-electron chi connectivity index (χ2n) is 3.66. The Morgan fingerprint density at radius 2 is 2.06 bits per heavy atom. The molecule has 2 nitrogen and oxygen atoms in total. The SMILES string of the molecule is c1cc(SCCNCCc2ccsc2)ccn1. The maximum atomic E-state index is 4.00. The standard InChI is InChI=1S/C13H16N2S2/c1(12-4-9-16-11-12)5-15-8-10-17-13-2-6-14-7-3-13/h2-4,6-7,9,11,15H,1,5,8,10H2. The van der Waals surface area contributed by atoms with Gasteiger partial charge in [-0.25, -0.2) is 0 Å². The normalized spacial score (nSPS) is 10.6. The Morgan fingerprint density at radius 1 is 1.18 bits per heavy atom. The van der Waals surface area contributed by atoms with Crippen molar-refractivity contribution in [2.45, 2.75) is 11.3 Å². The number of hydrogen-bond acceptors (Lipinski definition) is 4. The van der Waals surface area contributed by atoms with E-state index in [1.165, 1.54) is 10.5 Å². The lowest BCUT2D eigenvalue weighted by Gasteiger charge is -2.03.